The molecular weight excluding hydrogens is 417 g/mol. The fourth-order valence-electron chi connectivity index (χ4n) is 3.27. The van der Waals surface area contributed by atoms with E-state index in [-0.39, 0.29) is 22.9 Å². The maximum atomic E-state index is 13.8. The first-order valence-corrected chi connectivity index (χ1v) is 11.3. The van der Waals surface area contributed by atoms with Gasteiger partial charge in [-0.2, -0.15) is 4.31 Å². The van der Waals surface area contributed by atoms with E-state index in [1.807, 2.05) is 25.1 Å². The van der Waals surface area contributed by atoms with E-state index >= 15 is 0 Å². The number of amides is 1. The summed E-state index contributed by atoms with van der Waals surface area (Å²) in [5.74, 6) is -1.73. The molecule has 1 saturated heterocycles. The maximum Gasteiger partial charge on any atom is 0.255 e. The van der Waals surface area contributed by atoms with Crippen LogP contribution in [-0.4, -0.2) is 57.1 Å². The molecule has 6 nitrogen and oxygen atoms in total. The molecule has 3 rings (SSSR count). The third-order valence-electron chi connectivity index (χ3n) is 4.83. The normalized spacial score (nSPS) is 15.3. The van der Waals surface area contributed by atoms with E-state index in [0.29, 0.717) is 26.2 Å². The minimum absolute atomic E-state index is 0.0161. The number of hydrogen-bond acceptors (Lipinski definition) is 4. The van der Waals surface area contributed by atoms with Crippen molar-refractivity contribution in [2.45, 2.75) is 6.92 Å². The average Bonchev–Trinajstić information content (AvgIpc) is 2.68. The van der Waals surface area contributed by atoms with Gasteiger partial charge in [0.2, 0.25) is 10.0 Å². The minimum Gasteiger partial charge on any atom is -0.369 e. The summed E-state index contributed by atoms with van der Waals surface area (Å²) in [7, 11) is -3.53. The predicted molar refractivity (Wildman–Crippen MR) is 112 cm³/mol. The quantitative estimate of drug-likeness (QED) is 0.751. The number of carbonyl (C=O) groups excluding carboxylic acids is 1. The van der Waals surface area contributed by atoms with E-state index in [2.05, 4.69) is 16.3 Å². The number of carbonyl (C=O) groups is 1. The molecule has 1 fully saturated rings. The zero-order valence-corrected chi connectivity index (χ0v) is 17.6. The third kappa shape index (κ3) is 5.26. The molecule has 1 N–H and O–H groups in total. The molecule has 29 heavy (non-hydrogen) atoms. The van der Waals surface area contributed by atoms with Crippen molar-refractivity contribution in [3.8, 4) is 0 Å². The van der Waals surface area contributed by atoms with E-state index in [1.54, 1.807) is 0 Å². The van der Waals surface area contributed by atoms with Gasteiger partial charge in [0.1, 0.15) is 5.82 Å². The molecule has 0 unspecified atom stereocenters. The lowest BCUT2D eigenvalue weighted by atomic mass is 10.2. The summed E-state index contributed by atoms with van der Waals surface area (Å²) in [6.45, 7) is 3.85. The third-order valence-corrected chi connectivity index (χ3v) is 7.02. The van der Waals surface area contributed by atoms with Crippen molar-refractivity contribution < 1.29 is 17.6 Å². The second-order valence-corrected chi connectivity index (χ2v) is 9.39. The number of sulfonamides is 1. The van der Waals surface area contributed by atoms with Crippen molar-refractivity contribution in [3.05, 3.63) is 64.4 Å². The molecule has 0 bridgehead atoms. The highest BCUT2D eigenvalue weighted by Crippen LogP contribution is 2.20. The Morgan fingerprint density at radius 1 is 1.14 bits per heavy atom. The van der Waals surface area contributed by atoms with Crippen molar-refractivity contribution in [2.24, 2.45) is 0 Å². The average molecular weight is 440 g/mol. The Bertz CT molecular complexity index is 972. The Balaban J connectivity index is 1.52. The zero-order chi connectivity index (χ0) is 21.0. The van der Waals surface area contributed by atoms with Crippen molar-refractivity contribution in [2.75, 3.05) is 43.4 Å². The second-order valence-electron chi connectivity index (χ2n) is 6.89. The molecule has 0 aromatic heterocycles. The molecule has 2 aromatic carbocycles. The minimum atomic E-state index is -3.53. The lowest BCUT2D eigenvalue weighted by Crippen LogP contribution is -2.50. The van der Waals surface area contributed by atoms with Gasteiger partial charge in [0.05, 0.1) is 16.3 Å². The molecule has 9 heteroatoms. The second kappa shape index (κ2) is 9.11. The van der Waals surface area contributed by atoms with Crippen molar-refractivity contribution in [1.29, 1.82) is 0 Å². The van der Waals surface area contributed by atoms with Gasteiger partial charge in [0.25, 0.3) is 5.91 Å². The highest BCUT2D eigenvalue weighted by molar-refractivity contribution is 7.89. The van der Waals surface area contributed by atoms with Crippen LogP contribution in [-0.2, 0) is 10.0 Å². The topological polar surface area (TPSA) is 69.7 Å². The van der Waals surface area contributed by atoms with Crippen LogP contribution in [0.25, 0.3) is 0 Å². The van der Waals surface area contributed by atoms with Gasteiger partial charge in [-0.3, -0.25) is 4.79 Å². The number of hydrogen-bond donors (Lipinski definition) is 1. The summed E-state index contributed by atoms with van der Waals surface area (Å²) < 4.78 is 40.4. The number of rotatable bonds is 6. The van der Waals surface area contributed by atoms with Gasteiger partial charge < -0.3 is 10.2 Å². The number of benzene rings is 2. The van der Waals surface area contributed by atoms with Gasteiger partial charge >= 0.3 is 0 Å². The Kier molecular flexibility index (Phi) is 6.77. The van der Waals surface area contributed by atoms with Gasteiger partial charge in [-0.1, -0.05) is 29.8 Å². The largest absolute Gasteiger partial charge is 0.369 e. The van der Waals surface area contributed by atoms with Crippen LogP contribution in [0.2, 0.25) is 5.02 Å². The lowest BCUT2D eigenvalue weighted by molar-refractivity contribution is 0.0952. The Morgan fingerprint density at radius 3 is 2.48 bits per heavy atom. The van der Waals surface area contributed by atoms with Crippen LogP contribution in [0.1, 0.15) is 15.9 Å². The van der Waals surface area contributed by atoms with Crippen LogP contribution in [0.4, 0.5) is 10.1 Å². The molecule has 0 aliphatic carbocycles. The molecule has 0 spiro atoms. The highest BCUT2D eigenvalue weighted by Gasteiger charge is 2.27. The molecule has 0 atom stereocenters. The molecule has 1 aliphatic rings. The van der Waals surface area contributed by atoms with Gasteiger partial charge in [-0.25, -0.2) is 12.8 Å². The lowest BCUT2D eigenvalue weighted by Gasteiger charge is -2.35. The molecular formula is C20H23ClFN3O3S. The SMILES string of the molecule is Cc1cccc(N2CCN(S(=O)(=O)CCNC(=O)c3c(F)cccc3Cl)CC2)c1. The van der Waals surface area contributed by atoms with Crippen molar-refractivity contribution in [3.63, 3.8) is 0 Å². The van der Waals surface area contributed by atoms with Crippen LogP contribution in [0, 0.1) is 12.7 Å². The summed E-state index contributed by atoms with van der Waals surface area (Å²) in [6.07, 6.45) is 0. The maximum absolute atomic E-state index is 13.8. The highest BCUT2D eigenvalue weighted by atomic mass is 35.5. The van der Waals surface area contributed by atoms with Gasteiger partial charge in [-0.05, 0) is 36.8 Å². The van der Waals surface area contributed by atoms with E-state index < -0.39 is 21.7 Å². The Labute approximate surface area is 175 Å². The number of piperazine rings is 1. The Morgan fingerprint density at radius 2 is 1.83 bits per heavy atom. The molecule has 1 amide bonds. The first kappa shape index (κ1) is 21.5. The monoisotopic (exact) mass is 439 g/mol. The number of aryl methyl sites for hydroxylation is 1. The smallest absolute Gasteiger partial charge is 0.255 e. The molecule has 1 aliphatic heterocycles. The van der Waals surface area contributed by atoms with Crippen LogP contribution in [0.15, 0.2) is 42.5 Å². The molecule has 156 valence electrons. The van der Waals surface area contributed by atoms with Crippen LogP contribution >= 0.6 is 11.6 Å². The number of nitrogens with zero attached hydrogens (tertiary/aromatic N) is 2. The van der Waals surface area contributed by atoms with E-state index in [9.17, 15) is 17.6 Å². The van der Waals surface area contributed by atoms with Crippen LogP contribution in [0.3, 0.4) is 0 Å². The summed E-state index contributed by atoms with van der Waals surface area (Å²) in [5.41, 5.74) is 1.96. The zero-order valence-electron chi connectivity index (χ0n) is 16.1. The number of halogens is 2. The van der Waals surface area contributed by atoms with Crippen LogP contribution in [0.5, 0.6) is 0 Å². The van der Waals surface area contributed by atoms with Gasteiger partial charge in [0, 0.05) is 38.4 Å². The van der Waals surface area contributed by atoms with E-state index in [1.165, 1.54) is 16.4 Å². The summed E-state index contributed by atoms with van der Waals surface area (Å²) in [5, 5.41) is 2.42. The summed E-state index contributed by atoms with van der Waals surface area (Å²) in [4.78, 5) is 14.3. The predicted octanol–water partition coefficient (Wildman–Crippen LogP) is 2.67. The van der Waals surface area contributed by atoms with E-state index in [4.69, 9.17) is 11.6 Å². The van der Waals surface area contributed by atoms with Gasteiger partial charge in [-0.15, -0.1) is 0 Å². The fraction of sp³-hybridized carbons (Fsp3) is 0.350. The first-order chi connectivity index (χ1) is 13.8. The van der Waals surface area contributed by atoms with Crippen molar-refractivity contribution in [1.82, 2.24) is 9.62 Å². The number of nitrogens with one attached hydrogen (secondary N) is 1. The molecule has 0 saturated carbocycles. The summed E-state index contributed by atoms with van der Waals surface area (Å²) >= 11 is 5.86. The summed E-state index contributed by atoms with van der Waals surface area (Å²) in [6, 6.07) is 12.0. The fourth-order valence-corrected chi connectivity index (χ4v) is 4.86. The molecule has 1 heterocycles. The van der Waals surface area contributed by atoms with Crippen molar-refractivity contribution >= 4 is 33.2 Å². The first-order valence-electron chi connectivity index (χ1n) is 9.29. The standard InChI is InChI=1S/C20H23ClFN3O3S/c1-15-4-2-5-16(14-15)24-9-11-25(12-10-24)29(27,28)13-8-23-20(26)19-17(21)6-3-7-18(19)22/h2-7,14H,8-13H2,1H3,(H,23,26). The molecule has 2 aromatic rings. The van der Waals surface area contributed by atoms with E-state index in [0.717, 1.165) is 17.3 Å². The molecule has 0 radical (unpaired) electrons. The van der Waals surface area contributed by atoms with Gasteiger partial charge in [0.15, 0.2) is 0 Å². The number of anilines is 1. The van der Waals surface area contributed by atoms with Crippen LogP contribution < -0.4 is 10.2 Å². The Hall–Kier alpha value is -2.16.